The van der Waals surface area contributed by atoms with Gasteiger partial charge in [-0.15, -0.1) is 0 Å². The van der Waals surface area contributed by atoms with Crippen LogP contribution in [0.15, 0.2) is 0 Å². The van der Waals surface area contributed by atoms with Gasteiger partial charge in [0.2, 0.25) is 0 Å². The topological polar surface area (TPSA) is 82.1 Å². The molecule has 1 fully saturated rings. The average molecular weight is 287 g/mol. The number of nitrogens with zero attached hydrogens (tertiary/aromatic N) is 2. The second-order valence-corrected chi connectivity index (χ2v) is 5.54. The number of urea groups is 1. The molecule has 0 saturated carbocycles. The number of likely N-dealkylation sites (tertiary alicyclic amines) is 1. The minimum absolute atomic E-state index is 0.000870. The van der Waals surface area contributed by atoms with E-state index in [4.69, 9.17) is 4.74 Å². The number of nitrogens with one attached hydrogen (secondary N) is 1. The van der Waals surface area contributed by atoms with Crippen molar-refractivity contribution in [3.05, 3.63) is 0 Å². The lowest BCUT2D eigenvalue weighted by Gasteiger charge is -2.24. The van der Waals surface area contributed by atoms with Crippen LogP contribution in [0.2, 0.25) is 0 Å². The van der Waals surface area contributed by atoms with Crippen LogP contribution in [0.4, 0.5) is 4.79 Å². The zero-order valence-electron chi connectivity index (χ0n) is 12.6. The molecular formula is C13H25N3O4. The molecule has 2 N–H and O–H groups in total. The number of carbonyl (C=O) groups excluding carboxylic acids is 1. The van der Waals surface area contributed by atoms with Gasteiger partial charge in [0.1, 0.15) is 6.04 Å². The summed E-state index contributed by atoms with van der Waals surface area (Å²) in [6, 6.07) is -1.13. The lowest BCUT2D eigenvalue weighted by Crippen LogP contribution is -2.49. The van der Waals surface area contributed by atoms with E-state index in [0.29, 0.717) is 13.0 Å². The first-order valence-electron chi connectivity index (χ1n) is 6.82. The Morgan fingerprint density at radius 1 is 1.50 bits per heavy atom. The predicted octanol–water partition coefficient (Wildman–Crippen LogP) is 0.210. The quantitative estimate of drug-likeness (QED) is 0.730. The van der Waals surface area contributed by atoms with Crippen LogP contribution < -0.4 is 5.32 Å². The normalized spacial score (nSPS) is 23.9. The van der Waals surface area contributed by atoms with Crippen LogP contribution in [0.3, 0.4) is 0 Å². The maximum atomic E-state index is 12.2. The lowest BCUT2D eigenvalue weighted by atomic mass is 10.2. The second-order valence-electron chi connectivity index (χ2n) is 5.54. The fourth-order valence-electron chi connectivity index (χ4n) is 2.24. The largest absolute Gasteiger partial charge is 0.480 e. The Balaban J connectivity index is 2.54. The predicted molar refractivity (Wildman–Crippen MR) is 74.7 cm³/mol. The first kappa shape index (κ1) is 16.7. The van der Waals surface area contributed by atoms with Crippen molar-refractivity contribution in [2.45, 2.75) is 38.0 Å². The van der Waals surface area contributed by atoms with Crippen LogP contribution in [0.25, 0.3) is 0 Å². The maximum absolute atomic E-state index is 12.2. The summed E-state index contributed by atoms with van der Waals surface area (Å²) in [5, 5.41) is 12.0. The third-order valence-corrected chi connectivity index (χ3v) is 3.52. The fraction of sp³-hybridized carbons (Fsp3) is 0.846. The van der Waals surface area contributed by atoms with Crippen LogP contribution in [-0.2, 0) is 9.53 Å². The molecule has 1 aliphatic rings. The van der Waals surface area contributed by atoms with Crippen LogP contribution in [0, 0.1) is 0 Å². The number of carbonyl (C=O) groups is 2. The first-order chi connectivity index (χ1) is 9.35. The average Bonchev–Trinajstić information content (AvgIpc) is 2.80. The van der Waals surface area contributed by atoms with Crippen LogP contribution >= 0.6 is 0 Å². The van der Waals surface area contributed by atoms with Gasteiger partial charge in [-0.2, -0.15) is 0 Å². The Kier molecular flexibility index (Phi) is 6.22. The summed E-state index contributed by atoms with van der Waals surface area (Å²) in [6.45, 7) is 3.10. The van der Waals surface area contributed by atoms with Gasteiger partial charge in [-0.1, -0.05) is 0 Å². The molecule has 7 heteroatoms. The molecular weight excluding hydrogens is 262 g/mol. The highest BCUT2D eigenvalue weighted by Gasteiger charge is 2.40. The van der Waals surface area contributed by atoms with Crippen molar-refractivity contribution in [2.75, 3.05) is 34.3 Å². The number of carboxylic acid groups (broad SMARTS) is 1. The molecule has 0 aromatic rings. The first-order valence-corrected chi connectivity index (χ1v) is 6.82. The number of rotatable bonds is 6. The molecule has 0 bridgehead atoms. The smallest absolute Gasteiger partial charge is 0.326 e. The van der Waals surface area contributed by atoms with Crippen molar-refractivity contribution in [3.8, 4) is 0 Å². The van der Waals surface area contributed by atoms with Gasteiger partial charge in [0.25, 0.3) is 0 Å². The van der Waals surface area contributed by atoms with E-state index in [1.54, 1.807) is 0 Å². The zero-order chi connectivity index (χ0) is 15.3. The molecule has 7 nitrogen and oxygen atoms in total. The van der Waals surface area contributed by atoms with Crippen molar-refractivity contribution in [1.82, 2.24) is 15.1 Å². The number of amides is 2. The number of hydrogen-bond donors (Lipinski definition) is 2. The second kappa shape index (κ2) is 7.44. The standard InChI is InChI=1S/C13H25N3O4/c1-9(5-6-15(2)3)14-13(19)16-8-10(20-4)7-11(16)12(17)18/h9-11H,5-8H2,1-4H3,(H,14,19)(H,17,18). The molecule has 0 radical (unpaired) electrons. The maximum Gasteiger partial charge on any atom is 0.326 e. The van der Waals surface area contributed by atoms with Gasteiger partial charge < -0.3 is 25.0 Å². The van der Waals surface area contributed by atoms with Gasteiger partial charge in [0, 0.05) is 26.1 Å². The molecule has 1 aliphatic heterocycles. The Morgan fingerprint density at radius 2 is 2.15 bits per heavy atom. The lowest BCUT2D eigenvalue weighted by molar-refractivity contribution is -0.141. The van der Waals surface area contributed by atoms with Crippen molar-refractivity contribution in [1.29, 1.82) is 0 Å². The Morgan fingerprint density at radius 3 is 2.65 bits per heavy atom. The zero-order valence-corrected chi connectivity index (χ0v) is 12.6. The molecule has 3 unspecified atom stereocenters. The summed E-state index contributed by atoms with van der Waals surface area (Å²) in [5.74, 6) is -0.986. The molecule has 116 valence electrons. The Labute approximate surface area is 119 Å². The summed E-state index contributed by atoms with van der Waals surface area (Å²) in [4.78, 5) is 26.7. The summed E-state index contributed by atoms with van der Waals surface area (Å²) in [5.41, 5.74) is 0. The van der Waals surface area contributed by atoms with Gasteiger partial charge in [-0.05, 0) is 34.0 Å². The van der Waals surface area contributed by atoms with E-state index >= 15 is 0 Å². The van der Waals surface area contributed by atoms with Crippen molar-refractivity contribution < 1.29 is 19.4 Å². The molecule has 1 saturated heterocycles. The third-order valence-electron chi connectivity index (χ3n) is 3.52. The minimum atomic E-state index is -0.986. The van der Waals surface area contributed by atoms with E-state index in [1.807, 2.05) is 25.9 Å². The van der Waals surface area contributed by atoms with Gasteiger partial charge in [0.05, 0.1) is 6.10 Å². The summed E-state index contributed by atoms with van der Waals surface area (Å²) in [7, 11) is 5.47. The van der Waals surface area contributed by atoms with Crippen LogP contribution in [0.5, 0.6) is 0 Å². The number of ether oxygens (including phenoxy) is 1. The fourth-order valence-corrected chi connectivity index (χ4v) is 2.24. The highest BCUT2D eigenvalue weighted by molar-refractivity contribution is 5.83. The van der Waals surface area contributed by atoms with E-state index in [-0.39, 0.29) is 18.2 Å². The van der Waals surface area contributed by atoms with E-state index < -0.39 is 12.0 Å². The van der Waals surface area contributed by atoms with Gasteiger partial charge >= 0.3 is 12.0 Å². The summed E-state index contributed by atoms with van der Waals surface area (Å²) >= 11 is 0. The molecule has 20 heavy (non-hydrogen) atoms. The number of hydrogen-bond acceptors (Lipinski definition) is 4. The molecule has 0 aliphatic carbocycles. The van der Waals surface area contributed by atoms with Crippen LogP contribution in [-0.4, -0.2) is 79.4 Å². The van der Waals surface area contributed by atoms with Crippen molar-refractivity contribution in [2.24, 2.45) is 0 Å². The van der Waals surface area contributed by atoms with E-state index in [9.17, 15) is 14.7 Å². The molecule has 0 spiro atoms. The van der Waals surface area contributed by atoms with Gasteiger partial charge in [-0.25, -0.2) is 9.59 Å². The molecule has 1 rings (SSSR count). The highest BCUT2D eigenvalue weighted by Crippen LogP contribution is 2.20. The van der Waals surface area contributed by atoms with Crippen molar-refractivity contribution >= 4 is 12.0 Å². The molecule has 1 heterocycles. The number of aliphatic carboxylic acids is 1. The van der Waals surface area contributed by atoms with E-state index in [0.717, 1.165) is 13.0 Å². The summed E-state index contributed by atoms with van der Waals surface area (Å²) < 4.78 is 5.16. The summed E-state index contributed by atoms with van der Waals surface area (Å²) in [6.07, 6.45) is 0.947. The number of carboxylic acids is 1. The molecule has 0 aromatic heterocycles. The monoisotopic (exact) mass is 287 g/mol. The van der Waals surface area contributed by atoms with Gasteiger partial charge in [-0.3, -0.25) is 0 Å². The molecule has 0 aromatic carbocycles. The van der Waals surface area contributed by atoms with Gasteiger partial charge in [0.15, 0.2) is 0 Å². The third kappa shape index (κ3) is 4.64. The van der Waals surface area contributed by atoms with Crippen LogP contribution in [0.1, 0.15) is 19.8 Å². The Hall–Kier alpha value is -1.34. The molecule has 3 atom stereocenters. The van der Waals surface area contributed by atoms with Crippen molar-refractivity contribution in [3.63, 3.8) is 0 Å². The highest BCUT2D eigenvalue weighted by atomic mass is 16.5. The minimum Gasteiger partial charge on any atom is -0.480 e. The Bertz CT molecular complexity index is 349. The number of methoxy groups -OCH3 is 1. The molecule has 2 amide bonds. The SMILES string of the molecule is COC1CC(C(=O)O)N(C(=O)NC(C)CCN(C)C)C1. The van der Waals surface area contributed by atoms with E-state index in [2.05, 4.69) is 5.32 Å². The van der Waals surface area contributed by atoms with E-state index in [1.165, 1.54) is 12.0 Å².